The molecule has 1 amide bonds. The smallest absolute Gasteiger partial charge is 0.322 e. The van der Waals surface area contributed by atoms with Gasteiger partial charge in [0.1, 0.15) is 6.04 Å². The molecule has 0 spiro atoms. The van der Waals surface area contributed by atoms with E-state index in [0.717, 1.165) is 0 Å². The van der Waals surface area contributed by atoms with Crippen molar-refractivity contribution in [1.29, 1.82) is 0 Å². The van der Waals surface area contributed by atoms with Crippen LogP contribution in [-0.4, -0.2) is 52.5 Å². The van der Waals surface area contributed by atoms with E-state index in [-0.39, 0.29) is 23.1 Å². The van der Waals surface area contributed by atoms with Gasteiger partial charge < -0.3 is 15.0 Å². The average Bonchev–Trinajstić information content (AvgIpc) is 2.35. The zero-order valence-corrected chi connectivity index (χ0v) is 11.5. The lowest BCUT2D eigenvalue weighted by Gasteiger charge is -2.20. The highest BCUT2D eigenvalue weighted by atomic mass is 35.5. The lowest BCUT2D eigenvalue weighted by atomic mass is 10.3. The van der Waals surface area contributed by atoms with Crippen molar-refractivity contribution in [1.82, 2.24) is 19.9 Å². The summed E-state index contributed by atoms with van der Waals surface area (Å²) < 4.78 is 4.86. The van der Waals surface area contributed by atoms with Crippen LogP contribution in [0.2, 0.25) is 5.28 Å². The number of halogens is 1. The van der Waals surface area contributed by atoms with E-state index in [2.05, 4.69) is 20.3 Å². The summed E-state index contributed by atoms with van der Waals surface area (Å²) in [5.74, 6) is 0.144. The molecule has 1 aromatic heterocycles. The molecule has 0 bridgehead atoms. The monoisotopic (exact) mass is 273 g/mol. The molecular weight excluding hydrogens is 258 g/mol. The van der Waals surface area contributed by atoms with E-state index in [0.29, 0.717) is 6.54 Å². The Morgan fingerprint density at radius 2 is 2.17 bits per heavy atom. The largest absolute Gasteiger partial charge is 0.467 e. The summed E-state index contributed by atoms with van der Waals surface area (Å²) in [4.78, 5) is 25.0. The minimum atomic E-state index is -0.460. The first-order valence-corrected chi connectivity index (χ1v) is 5.82. The van der Waals surface area contributed by atoms with E-state index in [1.807, 2.05) is 6.92 Å². The number of carbonyl (C=O) groups excluding carboxylic acids is 1. The fourth-order valence-corrected chi connectivity index (χ4v) is 1.38. The predicted molar refractivity (Wildman–Crippen MR) is 67.8 cm³/mol. The van der Waals surface area contributed by atoms with E-state index in [1.165, 1.54) is 7.11 Å². The Morgan fingerprint density at radius 1 is 1.50 bits per heavy atom. The molecule has 8 heteroatoms. The normalized spacial score (nSPS) is 11.8. The number of amides is 1. The highest BCUT2D eigenvalue weighted by molar-refractivity contribution is 6.28. The number of ether oxygens (including phenoxy) is 1. The molecule has 0 saturated heterocycles. The Bertz CT molecular complexity index is 429. The van der Waals surface area contributed by atoms with Gasteiger partial charge >= 0.3 is 6.01 Å². The van der Waals surface area contributed by atoms with Gasteiger partial charge in [-0.25, -0.2) is 0 Å². The highest BCUT2D eigenvalue weighted by Crippen LogP contribution is 2.11. The van der Waals surface area contributed by atoms with Crippen LogP contribution in [0.15, 0.2) is 0 Å². The summed E-state index contributed by atoms with van der Waals surface area (Å²) in [6, 6.07) is -0.362. The molecule has 0 aliphatic carbocycles. The second-order valence-electron chi connectivity index (χ2n) is 3.63. The highest BCUT2D eigenvalue weighted by Gasteiger charge is 2.17. The lowest BCUT2D eigenvalue weighted by Crippen LogP contribution is -2.39. The van der Waals surface area contributed by atoms with Crippen LogP contribution in [0.25, 0.3) is 0 Å². The second kappa shape index (κ2) is 6.34. The molecule has 100 valence electrons. The maximum atomic E-state index is 11.8. The third-order valence-electron chi connectivity index (χ3n) is 2.34. The average molecular weight is 274 g/mol. The fraction of sp³-hybridized carbons (Fsp3) is 0.600. The standard InChI is InChI=1S/C10H16ClN5O2/c1-5-16(3)7(17)6(2)12-9-13-8(11)14-10(15-9)18-4/h6H,5H2,1-4H3,(H,12,13,14,15). The van der Waals surface area contributed by atoms with Gasteiger partial charge in [0.05, 0.1) is 7.11 Å². The number of carbonyl (C=O) groups is 1. The van der Waals surface area contributed by atoms with Crippen molar-refractivity contribution in [3.8, 4) is 6.01 Å². The SMILES string of the molecule is CCN(C)C(=O)C(C)Nc1nc(Cl)nc(OC)n1. The van der Waals surface area contributed by atoms with Gasteiger partial charge in [0, 0.05) is 13.6 Å². The van der Waals surface area contributed by atoms with Crippen LogP contribution in [0.5, 0.6) is 6.01 Å². The summed E-state index contributed by atoms with van der Waals surface area (Å²) in [5.41, 5.74) is 0. The van der Waals surface area contributed by atoms with E-state index < -0.39 is 6.04 Å². The molecule has 0 aliphatic rings. The molecule has 1 rings (SSSR count). The number of nitrogens with one attached hydrogen (secondary N) is 1. The van der Waals surface area contributed by atoms with Gasteiger partial charge in [0.2, 0.25) is 17.1 Å². The molecule has 18 heavy (non-hydrogen) atoms. The molecule has 0 radical (unpaired) electrons. The van der Waals surface area contributed by atoms with Crippen molar-refractivity contribution in [2.45, 2.75) is 19.9 Å². The summed E-state index contributed by atoms with van der Waals surface area (Å²) in [7, 11) is 3.15. The van der Waals surface area contributed by atoms with Gasteiger partial charge in [-0.15, -0.1) is 0 Å². The Hall–Kier alpha value is -1.63. The quantitative estimate of drug-likeness (QED) is 0.855. The third-order valence-corrected chi connectivity index (χ3v) is 2.51. The molecule has 0 saturated carbocycles. The number of methoxy groups -OCH3 is 1. The zero-order chi connectivity index (χ0) is 13.7. The Kier molecular flexibility index (Phi) is 5.08. The van der Waals surface area contributed by atoms with Crippen molar-refractivity contribution in [2.75, 3.05) is 26.0 Å². The summed E-state index contributed by atoms with van der Waals surface area (Å²) in [5, 5.41) is 2.86. The molecule has 1 aromatic rings. The van der Waals surface area contributed by atoms with Crippen molar-refractivity contribution >= 4 is 23.5 Å². The number of rotatable bonds is 5. The number of aromatic nitrogens is 3. The molecule has 1 atom stereocenters. The van der Waals surface area contributed by atoms with E-state index in [1.54, 1.807) is 18.9 Å². The first-order chi connectivity index (χ1) is 8.47. The summed E-state index contributed by atoms with van der Waals surface area (Å²) in [6.07, 6.45) is 0. The van der Waals surface area contributed by atoms with Crippen molar-refractivity contribution in [3.05, 3.63) is 5.28 Å². The van der Waals surface area contributed by atoms with Gasteiger partial charge in [0.25, 0.3) is 0 Å². The van der Waals surface area contributed by atoms with E-state index in [9.17, 15) is 4.79 Å². The number of hydrogen-bond donors (Lipinski definition) is 1. The summed E-state index contributed by atoms with van der Waals surface area (Å²) in [6.45, 7) is 4.25. The predicted octanol–water partition coefficient (Wildman–Crippen LogP) is 0.812. The van der Waals surface area contributed by atoms with Crippen molar-refractivity contribution in [3.63, 3.8) is 0 Å². The van der Waals surface area contributed by atoms with Crippen LogP contribution < -0.4 is 10.1 Å². The minimum absolute atomic E-state index is 0.00726. The number of anilines is 1. The van der Waals surface area contributed by atoms with Crippen LogP contribution in [0.3, 0.4) is 0 Å². The van der Waals surface area contributed by atoms with Crippen LogP contribution in [0.1, 0.15) is 13.8 Å². The number of likely N-dealkylation sites (N-methyl/N-ethyl adjacent to an activating group) is 1. The molecule has 1 N–H and O–H groups in total. The molecule has 1 heterocycles. The lowest BCUT2D eigenvalue weighted by molar-refractivity contribution is -0.130. The first kappa shape index (κ1) is 14.4. The molecule has 1 unspecified atom stereocenters. The van der Waals surface area contributed by atoms with Gasteiger partial charge in [-0.3, -0.25) is 4.79 Å². The van der Waals surface area contributed by atoms with Crippen LogP contribution in [0.4, 0.5) is 5.95 Å². The van der Waals surface area contributed by atoms with Gasteiger partial charge in [-0.2, -0.15) is 15.0 Å². The number of nitrogens with zero attached hydrogens (tertiary/aromatic N) is 4. The topological polar surface area (TPSA) is 80.2 Å². The Morgan fingerprint density at radius 3 is 2.72 bits per heavy atom. The molecule has 0 aliphatic heterocycles. The molecular formula is C10H16ClN5O2. The van der Waals surface area contributed by atoms with E-state index in [4.69, 9.17) is 16.3 Å². The maximum absolute atomic E-state index is 11.8. The first-order valence-electron chi connectivity index (χ1n) is 5.45. The van der Waals surface area contributed by atoms with Crippen molar-refractivity contribution in [2.24, 2.45) is 0 Å². The van der Waals surface area contributed by atoms with Crippen molar-refractivity contribution < 1.29 is 9.53 Å². The minimum Gasteiger partial charge on any atom is -0.467 e. The van der Waals surface area contributed by atoms with Gasteiger partial charge in [0.15, 0.2) is 0 Å². The van der Waals surface area contributed by atoms with Gasteiger partial charge in [-0.1, -0.05) is 0 Å². The third kappa shape index (κ3) is 3.69. The zero-order valence-electron chi connectivity index (χ0n) is 10.8. The molecule has 0 fully saturated rings. The Balaban J connectivity index is 2.78. The van der Waals surface area contributed by atoms with E-state index >= 15 is 0 Å². The second-order valence-corrected chi connectivity index (χ2v) is 3.97. The summed E-state index contributed by atoms with van der Waals surface area (Å²) >= 11 is 5.70. The van der Waals surface area contributed by atoms with Crippen LogP contribution in [-0.2, 0) is 4.79 Å². The molecule has 7 nitrogen and oxygen atoms in total. The van der Waals surface area contributed by atoms with Crippen LogP contribution in [0, 0.1) is 0 Å². The van der Waals surface area contributed by atoms with Crippen LogP contribution >= 0.6 is 11.6 Å². The maximum Gasteiger partial charge on any atom is 0.322 e. The van der Waals surface area contributed by atoms with Gasteiger partial charge in [-0.05, 0) is 25.4 Å². The molecule has 0 aromatic carbocycles. The Labute approximate surface area is 111 Å². The number of hydrogen-bond acceptors (Lipinski definition) is 6. The fourth-order valence-electron chi connectivity index (χ4n) is 1.23.